The van der Waals surface area contributed by atoms with Crippen molar-refractivity contribution in [1.29, 1.82) is 0 Å². The monoisotopic (exact) mass is 246 g/mol. The summed E-state index contributed by atoms with van der Waals surface area (Å²) in [7, 11) is 0. The van der Waals surface area contributed by atoms with Crippen molar-refractivity contribution in [2.24, 2.45) is 0 Å². The number of aryl methyl sites for hydroxylation is 1. The third-order valence-corrected chi connectivity index (χ3v) is 2.63. The van der Waals surface area contributed by atoms with Crippen LogP contribution in [-0.2, 0) is 13.1 Å². The van der Waals surface area contributed by atoms with Crippen LogP contribution in [0.4, 0.5) is 5.69 Å². The normalized spacial score (nSPS) is 10.3. The Labute approximate surface area is 104 Å². The maximum absolute atomic E-state index is 11.0. The molecule has 1 aromatic carbocycles. The molecule has 18 heavy (non-hydrogen) atoms. The molecule has 0 fully saturated rings. The Hall–Kier alpha value is -2.37. The van der Waals surface area contributed by atoms with E-state index in [0.29, 0.717) is 12.2 Å². The second-order valence-electron chi connectivity index (χ2n) is 3.74. The molecule has 0 aliphatic heterocycles. The molecule has 2 rings (SSSR count). The quantitative estimate of drug-likeness (QED) is 0.837. The van der Waals surface area contributed by atoms with Gasteiger partial charge in [-0.05, 0) is 19.1 Å². The van der Waals surface area contributed by atoms with E-state index in [2.05, 4.69) is 15.5 Å². The van der Waals surface area contributed by atoms with E-state index < -0.39 is 5.97 Å². The molecule has 0 saturated heterocycles. The Morgan fingerprint density at radius 2 is 2.22 bits per heavy atom. The van der Waals surface area contributed by atoms with Gasteiger partial charge in [0.2, 0.25) is 0 Å². The van der Waals surface area contributed by atoms with Crippen molar-refractivity contribution in [2.45, 2.75) is 20.0 Å². The summed E-state index contributed by atoms with van der Waals surface area (Å²) in [6.45, 7) is 3.22. The standard InChI is InChI=1S/C12H14N4O2/c1-2-16-8-14-15-11(16)7-13-10-6-4-3-5-9(10)12(17)18/h3-6,8,13H,2,7H2,1H3,(H,17,18). The van der Waals surface area contributed by atoms with E-state index in [1.54, 1.807) is 30.6 Å². The molecular formula is C12H14N4O2. The lowest BCUT2D eigenvalue weighted by molar-refractivity contribution is 0.0698. The molecule has 2 aromatic rings. The van der Waals surface area contributed by atoms with Crippen LogP contribution in [0, 0.1) is 0 Å². The third-order valence-electron chi connectivity index (χ3n) is 2.63. The molecule has 0 saturated carbocycles. The Balaban J connectivity index is 2.13. The summed E-state index contributed by atoms with van der Waals surface area (Å²) in [5.74, 6) is -0.173. The van der Waals surface area contributed by atoms with Crippen molar-refractivity contribution in [3.05, 3.63) is 42.0 Å². The number of aromatic carboxylic acids is 1. The average Bonchev–Trinajstić information content (AvgIpc) is 2.84. The topological polar surface area (TPSA) is 80.0 Å². The minimum Gasteiger partial charge on any atom is -0.478 e. The van der Waals surface area contributed by atoms with Gasteiger partial charge in [-0.3, -0.25) is 0 Å². The molecule has 1 heterocycles. The first-order chi connectivity index (χ1) is 8.72. The molecule has 0 radical (unpaired) electrons. The van der Waals surface area contributed by atoms with Crippen LogP contribution >= 0.6 is 0 Å². The second-order valence-corrected chi connectivity index (χ2v) is 3.74. The lowest BCUT2D eigenvalue weighted by Gasteiger charge is -2.09. The van der Waals surface area contributed by atoms with Gasteiger partial charge < -0.3 is 15.0 Å². The summed E-state index contributed by atoms with van der Waals surface area (Å²) in [4.78, 5) is 11.0. The molecule has 2 N–H and O–H groups in total. The average molecular weight is 246 g/mol. The largest absolute Gasteiger partial charge is 0.478 e. The number of nitrogens with zero attached hydrogens (tertiary/aromatic N) is 3. The highest BCUT2D eigenvalue weighted by molar-refractivity contribution is 5.94. The Morgan fingerprint density at radius 1 is 1.44 bits per heavy atom. The van der Waals surface area contributed by atoms with Gasteiger partial charge in [0.15, 0.2) is 5.82 Å². The Morgan fingerprint density at radius 3 is 2.94 bits per heavy atom. The van der Waals surface area contributed by atoms with Gasteiger partial charge in [-0.1, -0.05) is 12.1 Å². The van der Waals surface area contributed by atoms with Crippen LogP contribution in [0.25, 0.3) is 0 Å². The number of para-hydroxylation sites is 1. The van der Waals surface area contributed by atoms with Crippen LogP contribution in [0.2, 0.25) is 0 Å². The number of aromatic nitrogens is 3. The summed E-state index contributed by atoms with van der Waals surface area (Å²) in [5, 5.41) is 19.9. The zero-order chi connectivity index (χ0) is 13.0. The fraction of sp³-hybridized carbons (Fsp3) is 0.250. The molecule has 0 aliphatic rings. The van der Waals surface area contributed by atoms with E-state index in [0.717, 1.165) is 12.4 Å². The van der Waals surface area contributed by atoms with Gasteiger partial charge in [0.25, 0.3) is 0 Å². The van der Waals surface area contributed by atoms with E-state index >= 15 is 0 Å². The number of carbonyl (C=O) groups is 1. The summed E-state index contributed by atoms with van der Waals surface area (Å²) in [5.41, 5.74) is 0.829. The molecule has 94 valence electrons. The van der Waals surface area contributed by atoms with Crippen molar-refractivity contribution in [1.82, 2.24) is 14.8 Å². The minimum atomic E-state index is -0.949. The van der Waals surface area contributed by atoms with Crippen molar-refractivity contribution in [3.63, 3.8) is 0 Å². The first-order valence-electron chi connectivity index (χ1n) is 5.65. The number of benzene rings is 1. The summed E-state index contributed by atoms with van der Waals surface area (Å²) >= 11 is 0. The van der Waals surface area contributed by atoms with E-state index in [4.69, 9.17) is 5.11 Å². The number of anilines is 1. The third kappa shape index (κ3) is 2.48. The molecule has 6 heteroatoms. The highest BCUT2D eigenvalue weighted by Gasteiger charge is 2.09. The van der Waals surface area contributed by atoms with Crippen LogP contribution in [0.1, 0.15) is 23.1 Å². The van der Waals surface area contributed by atoms with Crippen molar-refractivity contribution >= 4 is 11.7 Å². The van der Waals surface area contributed by atoms with Crippen molar-refractivity contribution in [3.8, 4) is 0 Å². The fourth-order valence-corrected chi connectivity index (χ4v) is 1.68. The SMILES string of the molecule is CCn1cnnc1CNc1ccccc1C(=O)O. The van der Waals surface area contributed by atoms with Crippen LogP contribution in [0.15, 0.2) is 30.6 Å². The van der Waals surface area contributed by atoms with E-state index in [1.165, 1.54) is 0 Å². The molecule has 6 nitrogen and oxygen atoms in total. The van der Waals surface area contributed by atoms with Crippen LogP contribution in [0.5, 0.6) is 0 Å². The number of carboxylic acid groups (broad SMARTS) is 1. The Bertz CT molecular complexity index is 551. The van der Waals surface area contributed by atoms with Gasteiger partial charge in [0.1, 0.15) is 6.33 Å². The number of carboxylic acids is 1. The van der Waals surface area contributed by atoms with E-state index in [-0.39, 0.29) is 5.56 Å². The van der Waals surface area contributed by atoms with Gasteiger partial charge in [0.05, 0.1) is 12.1 Å². The summed E-state index contributed by atoms with van der Waals surface area (Å²) < 4.78 is 1.90. The first kappa shape index (κ1) is 12.1. The fourth-order valence-electron chi connectivity index (χ4n) is 1.68. The Kier molecular flexibility index (Phi) is 3.57. The van der Waals surface area contributed by atoms with Gasteiger partial charge in [0, 0.05) is 12.2 Å². The molecule has 0 spiro atoms. The zero-order valence-electron chi connectivity index (χ0n) is 10.00. The lowest BCUT2D eigenvalue weighted by Crippen LogP contribution is -2.10. The van der Waals surface area contributed by atoms with Crippen LogP contribution in [-0.4, -0.2) is 25.8 Å². The summed E-state index contributed by atoms with van der Waals surface area (Å²) in [6.07, 6.45) is 1.65. The smallest absolute Gasteiger partial charge is 0.337 e. The molecule has 0 unspecified atom stereocenters. The molecule has 1 aromatic heterocycles. The van der Waals surface area contributed by atoms with Gasteiger partial charge >= 0.3 is 5.97 Å². The van der Waals surface area contributed by atoms with E-state index in [9.17, 15) is 4.79 Å². The predicted octanol–water partition coefficient (Wildman–Crippen LogP) is 1.61. The second kappa shape index (κ2) is 5.31. The highest BCUT2D eigenvalue weighted by atomic mass is 16.4. The molecular weight excluding hydrogens is 232 g/mol. The summed E-state index contributed by atoms with van der Waals surface area (Å²) in [6, 6.07) is 6.79. The van der Waals surface area contributed by atoms with Gasteiger partial charge in [-0.15, -0.1) is 10.2 Å². The number of nitrogens with one attached hydrogen (secondary N) is 1. The van der Waals surface area contributed by atoms with E-state index in [1.807, 2.05) is 11.5 Å². The number of hydrogen-bond acceptors (Lipinski definition) is 4. The molecule has 0 bridgehead atoms. The van der Waals surface area contributed by atoms with Gasteiger partial charge in [-0.2, -0.15) is 0 Å². The highest BCUT2D eigenvalue weighted by Crippen LogP contribution is 2.15. The predicted molar refractivity (Wildman–Crippen MR) is 66.4 cm³/mol. The number of rotatable bonds is 5. The van der Waals surface area contributed by atoms with Crippen LogP contribution < -0.4 is 5.32 Å². The van der Waals surface area contributed by atoms with Gasteiger partial charge in [-0.25, -0.2) is 4.79 Å². The minimum absolute atomic E-state index is 0.250. The van der Waals surface area contributed by atoms with Crippen LogP contribution in [0.3, 0.4) is 0 Å². The molecule has 0 amide bonds. The zero-order valence-corrected chi connectivity index (χ0v) is 10.00. The molecule has 0 aliphatic carbocycles. The van der Waals surface area contributed by atoms with Crippen molar-refractivity contribution < 1.29 is 9.90 Å². The maximum Gasteiger partial charge on any atom is 0.337 e. The van der Waals surface area contributed by atoms with Crippen molar-refractivity contribution in [2.75, 3.05) is 5.32 Å². The maximum atomic E-state index is 11.0. The molecule has 0 atom stereocenters. The first-order valence-corrected chi connectivity index (χ1v) is 5.65. The number of hydrogen-bond donors (Lipinski definition) is 2. The lowest BCUT2D eigenvalue weighted by atomic mass is 10.2.